The lowest BCUT2D eigenvalue weighted by molar-refractivity contribution is -0.384. The first-order valence-corrected chi connectivity index (χ1v) is 4.79. The molecule has 6 nitrogen and oxygen atoms in total. The lowest BCUT2D eigenvalue weighted by Gasteiger charge is -1.99. The maximum Gasteiger partial charge on any atom is 0.284 e. The van der Waals surface area contributed by atoms with Gasteiger partial charge in [0.2, 0.25) is 5.89 Å². The third-order valence-electron chi connectivity index (χ3n) is 2.09. The second-order valence-electron chi connectivity index (χ2n) is 3.17. The van der Waals surface area contributed by atoms with Crippen molar-refractivity contribution in [2.24, 2.45) is 0 Å². The highest BCUT2D eigenvalue weighted by atomic mass is 32.1. The minimum Gasteiger partial charge on any atom is -0.409 e. The van der Waals surface area contributed by atoms with Crippen molar-refractivity contribution in [2.45, 2.75) is 6.92 Å². The minimum atomic E-state index is -0.447. The van der Waals surface area contributed by atoms with E-state index in [0.717, 1.165) is 0 Å². The van der Waals surface area contributed by atoms with Crippen LogP contribution in [0.2, 0.25) is 0 Å². The van der Waals surface area contributed by atoms with E-state index in [2.05, 4.69) is 10.2 Å². The molecule has 2 aromatic rings. The molecule has 0 saturated carbocycles. The molecule has 0 fully saturated rings. The molecule has 0 aliphatic carbocycles. The largest absolute Gasteiger partial charge is 0.409 e. The predicted octanol–water partition coefficient (Wildman–Crippen LogP) is 2.62. The zero-order chi connectivity index (χ0) is 11.7. The number of non-ortho nitro benzene ring substituents is 1. The summed E-state index contributed by atoms with van der Waals surface area (Å²) in [5.41, 5.74) is 1.42. The quantitative estimate of drug-likeness (QED) is 0.493. The number of aromatic nitrogens is 2. The van der Waals surface area contributed by atoms with E-state index < -0.39 is 4.92 Å². The highest BCUT2D eigenvalue weighted by molar-refractivity contribution is 7.71. The van der Waals surface area contributed by atoms with Gasteiger partial charge in [-0.05, 0) is 30.8 Å². The van der Waals surface area contributed by atoms with Gasteiger partial charge < -0.3 is 4.42 Å². The summed E-state index contributed by atoms with van der Waals surface area (Å²) >= 11 is 4.75. The SMILES string of the molecule is Cc1cc([N+](=O)[O-])ccc1-c1n[nH]c(=S)o1. The molecule has 1 N–H and O–H groups in total. The van der Waals surface area contributed by atoms with Gasteiger partial charge in [0, 0.05) is 17.7 Å². The maximum absolute atomic E-state index is 10.5. The summed E-state index contributed by atoms with van der Waals surface area (Å²) in [4.78, 5) is 10.3. The van der Waals surface area contributed by atoms with Crippen molar-refractivity contribution in [3.8, 4) is 11.5 Å². The number of nitro groups is 1. The van der Waals surface area contributed by atoms with Crippen molar-refractivity contribution in [3.63, 3.8) is 0 Å². The third-order valence-corrected chi connectivity index (χ3v) is 2.26. The molecular formula is C9H7N3O3S. The summed E-state index contributed by atoms with van der Waals surface area (Å²) in [6.07, 6.45) is 0. The van der Waals surface area contributed by atoms with Crippen molar-refractivity contribution in [1.82, 2.24) is 10.2 Å². The number of nitrogens with zero attached hydrogens (tertiary/aromatic N) is 2. The topological polar surface area (TPSA) is 85.0 Å². The predicted molar refractivity (Wildman–Crippen MR) is 58.5 cm³/mol. The molecular weight excluding hydrogens is 230 g/mol. The molecule has 0 aliphatic heterocycles. The Morgan fingerprint density at radius 1 is 1.56 bits per heavy atom. The van der Waals surface area contributed by atoms with Crippen LogP contribution in [0.1, 0.15) is 5.56 Å². The van der Waals surface area contributed by atoms with Crippen LogP contribution < -0.4 is 0 Å². The van der Waals surface area contributed by atoms with Crippen LogP contribution in [0.3, 0.4) is 0 Å². The number of aryl methyl sites for hydroxylation is 1. The molecule has 0 unspecified atom stereocenters. The van der Waals surface area contributed by atoms with Gasteiger partial charge in [-0.15, -0.1) is 5.10 Å². The number of aromatic amines is 1. The van der Waals surface area contributed by atoms with Gasteiger partial charge in [0.25, 0.3) is 10.5 Å². The normalized spacial score (nSPS) is 10.3. The standard InChI is InChI=1S/C9H7N3O3S/c1-5-4-6(12(13)14)2-3-7(5)8-10-11-9(16)15-8/h2-4H,1H3,(H,11,16). The van der Waals surface area contributed by atoms with E-state index in [1.54, 1.807) is 13.0 Å². The van der Waals surface area contributed by atoms with Crippen molar-refractivity contribution in [2.75, 3.05) is 0 Å². The average molecular weight is 237 g/mol. The maximum atomic E-state index is 10.5. The highest BCUT2D eigenvalue weighted by Crippen LogP contribution is 2.25. The highest BCUT2D eigenvalue weighted by Gasteiger charge is 2.12. The summed E-state index contributed by atoms with van der Waals surface area (Å²) in [5.74, 6) is 0.331. The van der Waals surface area contributed by atoms with Gasteiger partial charge >= 0.3 is 0 Å². The van der Waals surface area contributed by atoms with E-state index in [-0.39, 0.29) is 10.5 Å². The van der Waals surface area contributed by atoms with Gasteiger partial charge in [0.15, 0.2) is 0 Å². The van der Waals surface area contributed by atoms with Crippen molar-refractivity contribution >= 4 is 17.9 Å². The van der Waals surface area contributed by atoms with Gasteiger partial charge in [0.1, 0.15) is 0 Å². The molecule has 0 spiro atoms. The number of nitro benzene ring substituents is 1. The van der Waals surface area contributed by atoms with Crippen LogP contribution in [0, 0.1) is 21.9 Å². The van der Waals surface area contributed by atoms with Crippen LogP contribution in [0.25, 0.3) is 11.5 Å². The van der Waals surface area contributed by atoms with E-state index in [1.807, 2.05) is 0 Å². The molecule has 0 saturated heterocycles. The first kappa shape index (κ1) is 10.5. The summed E-state index contributed by atoms with van der Waals surface area (Å²) in [6.45, 7) is 1.75. The zero-order valence-electron chi connectivity index (χ0n) is 8.26. The number of hydrogen-bond acceptors (Lipinski definition) is 5. The van der Waals surface area contributed by atoms with E-state index in [4.69, 9.17) is 16.6 Å². The Morgan fingerprint density at radius 3 is 2.81 bits per heavy atom. The van der Waals surface area contributed by atoms with Crippen LogP contribution in [0.4, 0.5) is 5.69 Å². The van der Waals surface area contributed by atoms with Crippen LogP contribution in [-0.4, -0.2) is 15.1 Å². The van der Waals surface area contributed by atoms with Crippen molar-refractivity contribution < 1.29 is 9.34 Å². The number of nitrogens with one attached hydrogen (secondary N) is 1. The van der Waals surface area contributed by atoms with E-state index in [9.17, 15) is 10.1 Å². The first-order chi connectivity index (χ1) is 7.58. The Bertz CT molecular complexity index is 602. The number of hydrogen-bond donors (Lipinski definition) is 1. The second kappa shape index (κ2) is 3.86. The Morgan fingerprint density at radius 2 is 2.31 bits per heavy atom. The molecule has 82 valence electrons. The summed E-state index contributed by atoms with van der Waals surface area (Å²) in [7, 11) is 0. The fraction of sp³-hybridized carbons (Fsp3) is 0.111. The van der Waals surface area contributed by atoms with Gasteiger partial charge in [-0.25, -0.2) is 5.10 Å². The van der Waals surface area contributed by atoms with Gasteiger partial charge in [-0.2, -0.15) is 0 Å². The first-order valence-electron chi connectivity index (χ1n) is 4.39. The fourth-order valence-corrected chi connectivity index (χ4v) is 1.47. The molecule has 1 aromatic heterocycles. The third kappa shape index (κ3) is 1.84. The lowest BCUT2D eigenvalue weighted by Crippen LogP contribution is -1.90. The molecule has 0 atom stereocenters. The van der Waals surface area contributed by atoms with Gasteiger partial charge in [0.05, 0.1) is 4.92 Å². The molecule has 0 amide bonds. The lowest BCUT2D eigenvalue weighted by atomic mass is 10.1. The fourth-order valence-electron chi connectivity index (χ4n) is 1.35. The molecule has 2 rings (SSSR count). The van der Waals surface area contributed by atoms with Crippen LogP contribution in [-0.2, 0) is 0 Å². The number of rotatable bonds is 2. The molecule has 1 heterocycles. The number of H-pyrrole nitrogens is 1. The van der Waals surface area contributed by atoms with E-state index in [0.29, 0.717) is 17.0 Å². The molecule has 7 heteroatoms. The molecule has 0 aliphatic rings. The summed E-state index contributed by atoms with van der Waals surface area (Å²) < 4.78 is 5.13. The van der Waals surface area contributed by atoms with Crippen molar-refractivity contribution in [3.05, 3.63) is 38.7 Å². The van der Waals surface area contributed by atoms with Crippen LogP contribution >= 0.6 is 12.2 Å². The van der Waals surface area contributed by atoms with E-state index in [1.165, 1.54) is 12.1 Å². The van der Waals surface area contributed by atoms with E-state index >= 15 is 0 Å². The second-order valence-corrected chi connectivity index (χ2v) is 3.55. The van der Waals surface area contributed by atoms with Crippen molar-refractivity contribution in [1.29, 1.82) is 0 Å². The number of benzene rings is 1. The Hall–Kier alpha value is -2.02. The Labute approximate surface area is 95.1 Å². The smallest absolute Gasteiger partial charge is 0.284 e. The molecule has 0 bridgehead atoms. The molecule has 0 radical (unpaired) electrons. The van der Waals surface area contributed by atoms with Gasteiger partial charge in [-0.1, -0.05) is 0 Å². The summed E-state index contributed by atoms with van der Waals surface area (Å²) in [5, 5.41) is 16.9. The van der Waals surface area contributed by atoms with Crippen LogP contribution in [0.5, 0.6) is 0 Å². The van der Waals surface area contributed by atoms with Gasteiger partial charge in [-0.3, -0.25) is 10.1 Å². The Kier molecular flexibility index (Phi) is 2.53. The zero-order valence-corrected chi connectivity index (χ0v) is 9.08. The molecule has 16 heavy (non-hydrogen) atoms. The average Bonchev–Trinajstić information content (AvgIpc) is 2.64. The summed E-state index contributed by atoms with van der Waals surface area (Å²) in [6, 6.07) is 4.44. The monoisotopic (exact) mass is 237 g/mol. The minimum absolute atomic E-state index is 0.0374. The Balaban J connectivity index is 2.51. The van der Waals surface area contributed by atoms with Crippen LogP contribution in [0.15, 0.2) is 22.6 Å². The molecule has 1 aromatic carbocycles.